The molecule has 0 spiro atoms. The molecular weight excluding hydrogens is 354 g/mol. The summed E-state index contributed by atoms with van der Waals surface area (Å²) in [6.45, 7) is 5.39. The van der Waals surface area contributed by atoms with Crippen molar-refractivity contribution in [3.05, 3.63) is 47.8 Å². The number of hydrogen-bond donors (Lipinski definition) is 0. The van der Waals surface area contributed by atoms with Crippen LogP contribution in [0.25, 0.3) is 0 Å². The summed E-state index contributed by atoms with van der Waals surface area (Å²) in [5, 5.41) is 8.30. The van der Waals surface area contributed by atoms with E-state index in [4.69, 9.17) is 4.74 Å². The Kier molecular flexibility index (Phi) is 6.34. The highest BCUT2D eigenvalue weighted by Gasteiger charge is 2.24. The van der Waals surface area contributed by atoms with Crippen molar-refractivity contribution in [3.63, 3.8) is 0 Å². The van der Waals surface area contributed by atoms with Crippen molar-refractivity contribution in [2.75, 3.05) is 32.8 Å². The first-order valence-electron chi connectivity index (χ1n) is 10.3. The minimum atomic E-state index is -0.0436. The van der Waals surface area contributed by atoms with E-state index in [2.05, 4.69) is 45.5 Å². The second kappa shape index (κ2) is 9.30. The van der Waals surface area contributed by atoms with Gasteiger partial charge in [0.1, 0.15) is 0 Å². The number of morpholine rings is 1. The standard InChI is InChI=1S/C21H29N5O2/c27-21(24-12-14-28-15-13-24)20-17-26(23-22-20)11-9-19-8-4-5-10-25(19)16-18-6-2-1-3-7-18/h1-3,6-7,17,19H,4-5,8-16H2. The molecule has 1 unspecified atom stereocenters. The number of aryl methyl sites for hydroxylation is 1. The molecule has 2 fully saturated rings. The number of benzene rings is 1. The van der Waals surface area contributed by atoms with Gasteiger partial charge in [-0.25, -0.2) is 0 Å². The molecule has 2 aliphatic heterocycles. The zero-order valence-electron chi connectivity index (χ0n) is 16.4. The van der Waals surface area contributed by atoms with Crippen LogP contribution in [-0.4, -0.2) is 69.6 Å². The summed E-state index contributed by atoms with van der Waals surface area (Å²) in [7, 11) is 0. The third kappa shape index (κ3) is 4.77. The molecule has 0 bridgehead atoms. The zero-order valence-corrected chi connectivity index (χ0v) is 16.4. The fourth-order valence-corrected chi connectivity index (χ4v) is 4.13. The molecule has 7 nitrogen and oxygen atoms in total. The Balaban J connectivity index is 1.32. The van der Waals surface area contributed by atoms with Crippen LogP contribution in [0.1, 0.15) is 41.7 Å². The fourth-order valence-electron chi connectivity index (χ4n) is 4.13. The molecule has 150 valence electrons. The third-order valence-corrected chi connectivity index (χ3v) is 5.73. The highest BCUT2D eigenvalue weighted by atomic mass is 16.5. The molecule has 4 rings (SSSR count). The summed E-state index contributed by atoms with van der Waals surface area (Å²) in [5.74, 6) is -0.0436. The van der Waals surface area contributed by atoms with E-state index in [-0.39, 0.29) is 5.91 Å². The Labute approximate surface area is 166 Å². The highest BCUT2D eigenvalue weighted by molar-refractivity contribution is 5.91. The van der Waals surface area contributed by atoms with E-state index < -0.39 is 0 Å². The molecule has 0 aliphatic carbocycles. The number of likely N-dealkylation sites (tertiary alicyclic amines) is 1. The van der Waals surface area contributed by atoms with Gasteiger partial charge in [0.25, 0.3) is 5.91 Å². The van der Waals surface area contributed by atoms with Crippen LogP contribution in [-0.2, 0) is 17.8 Å². The fraction of sp³-hybridized carbons (Fsp3) is 0.571. The van der Waals surface area contributed by atoms with Gasteiger partial charge < -0.3 is 9.64 Å². The zero-order chi connectivity index (χ0) is 19.2. The SMILES string of the molecule is O=C(c1cn(CCC2CCCCN2Cc2ccccc2)nn1)N1CCOCC1. The van der Waals surface area contributed by atoms with Crippen molar-refractivity contribution in [1.29, 1.82) is 0 Å². The number of rotatable bonds is 6. The third-order valence-electron chi connectivity index (χ3n) is 5.73. The van der Waals surface area contributed by atoms with E-state index in [1.54, 1.807) is 11.1 Å². The Morgan fingerprint density at radius 3 is 2.75 bits per heavy atom. The minimum Gasteiger partial charge on any atom is -0.378 e. The maximum atomic E-state index is 12.5. The molecule has 1 amide bonds. The van der Waals surface area contributed by atoms with Crippen LogP contribution >= 0.6 is 0 Å². The van der Waals surface area contributed by atoms with E-state index in [0.717, 1.165) is 26.1 Å². The smallest absolute Gasteiger partial charge is 0.276 e. The number of nitrogens with zero attached hydrogens (tertiary/aromatic N) is 5. The Hall–Kier alpha value is -2.25. The van der Waals surface area contributed by atoms with Gasteiger partial charge in [-0.3, -0.25) is 14.4 Å². The van der Waals surface area contributed by atoms with Crippen LogP contribution in [0.2, 0.25) is 0 Å². The van der Waals surface area contributed by atoms with Crippen molar-refractivity contribution >= 4 is 5.91 Å². The van der Waals surface area contributed by atoms with Crippen LogP contribution in [0, 0.1) is 0 Å². The van der Waals surface area contributed by atoms with Gasteiger partial charge >= 0.3 is 0 Å². The van der Waals surface area contributed by atoms with E-state index in [1.807, 2.05) is 4.68 Å². The lowest BCUT2D eigenvalue weighted by atomic mass is 9.98. The van der Waals surface area contributed by atoms with Crippen molar-refractivity contribution in [2.24, 2.45) is 0 Å². The number of carbonyl (C=O) groups is 1. The lowest BCUT2D eigenvalue weighted by Gasteiger charge is -2.35. The largest absolute Gasteiger partial charge is 0.378 e. The number of hydrogen-bond acceptors (Lipinski definition) is 5. The Morgan fingerprint density at radius 2 is 1.93 bits per heavy atom. The van der Waals surface area contributed by atoms with E-state index in [1.165, 1.54) is 24.8 Å². The van der Waals surface area contributed by atoms with Crippen LogP contribution in [0.5, 0.6) is 0 Å². The second-order valence-electron chi connectivity index (χ2n) is 7.67. The van der Waals surface area contributed by atoms with Gasteiger partial charge in [0.15, 0.2) is 5.69 Å². The molecule has 1 aromatic carbocycles. The van der Waals surface area contributed by atoms with Crippen LogP contribution in [0.4, 0.5) is 0 Å². The van der Waals surface area contributed by atoms with Gasteiger partial charge in [0.05, 0.1) is 19.4 Å². The van der Waals surface area contributed by atoms with Crippen molar-refractivity contribution in [2.45, 2.75) is 44.8 Å². The first kappa shape index (κ1) is 19.1. The summed E-state index contributed by atoms with van der Waals surface area (Å²) in [6.07, 6.45) is 6.60. The quantitative estimate of drug-likeness (QED) is 0.765. The van der Waals surface area contributed by atoms with Gasteiger partial charge in [0, 0.05) is 32.2 Å². The summed E-state index contributed by atoms with van der Waals surface area (Å²) < 4.78 is 7.13. The molecule has 1 atom stereocenters. The molecule has 0 saturated carbocycles. The summed E-state index contributed by atoms with van der Waals surface area (Å²) in [6, 6.07) is 11.2. The number of carbonyl (C=O) groups excluding carboxylic acids is 1. The van der Waals surface area contributed by atoms with Gasteiger partial charge in [-0.2, -0.15) is 0 Å². The summed E-state index contributed by atoms with van der Waals surface area (Å²) >= 11 is 0. The maximum Gasteiger partial charge on any atom is 0.276 e. The van der Waals surface area contributed by atoms with E-state index >= 15 is 0 Å². The first-order chi connectivity index (χ1) is 13.8. The molecule has 2 saturated heterocycles. The molecule has 28 heavy (non-hydrogen) atoms. The number of piperidine rings is 1. The van der Waals surface area contributed by atoms with Crippen LogP contribution in [0.15, 0.2) is 36.5 Å². The van der Waals surface area contributed by atoms with Gasteiger partial charge in [-0.05, 0) is 31.4 Å². The minimum absolute atomic E-state index is 0.0436. The molecule has 0 N–H and O–H groups in total. The average molecular weight is 383 g/mol. The van der Waals surface area contributed by atoms with Crippen LogP contribution in [0.3, 0.4) is 0 Å². The second-order valence-corrected chi connectivity index (χ2v) is 7.67. The van der Waals surface area contributed by atoms with Crippen molar-refractivity contribution in [1.82, 2.24) is 24.8 Å². The topological polar surface area (TPSA) is 63.5 Å². The van der Waals surface area contributed by atoms with Gasteiger partial charge in [-0.15, -0.1) is 5.10 Å². The predicted molar refractivity (Wildman–Crippen MR) is 106 cm³/mol. The normalized spacial score (nSPS) is 21.0. The van der Waals surface area contributed by atoms with Crippen molar-refractivity contribution < 1.29 is 9.53 Å². The number of amides is 1. The molecule has 0 radical (unpaired) electrons. The molecule has 7 heteroatoms. The van der Waals surface area contributed by atoms with Crippen LogP contribution < -0.4 is 0 Å². The lowest BCUT2D eigenvalue weighted by Crippen LogP contribution is -2.40. The van der Waals surface area contributed by atoms with Gasteiger partial charge in [-0.1, -0.05) is 42.0 Å². The molecule has 2 aliphatic rings. The molecule has 2 aromatic rings. The highest BCUT2D eigenvalue weighted by Crippen LogP contribution is 2.22. The van der Waals surface area contributed by atoms with Gasteiger partial charge in [0.2, 0.25) is 0 Å². The Morgan fingerprint density at radius 1 is 1.11 bits per heavy atom. The monoisotopic (exact) mass is 383 g/mol. The van der Waals surface area contributed by atoms with E-state index in [9.17, 15) is 4.79 Å². The lowest BCUT2D eigenvalue weighted by molar-refractivity contribution is 0.0299. The Bertz CT molecular complexity index is 757. The molecule has 1 aromatic heterocycles. The number of aromatic nitrogens is 3. The van der Waals surface area contributed by atoms with Crippen molar-refractivity contribution in [3.8, 4) is 0 Å². The maximum absolute atomic E-state index is 12.5. The molecule has 3 heterocycles. The summed E-state index contributed by atoms with van der Waals surface area (Å²) in [5.41, 5.74) is 1.81. The van der Waals surface area contributed by atoms with E-state index in [0.29, 0.717) is 38.0 Å². The summed E-state index contributed by atoms with van der Waals surface area (Å²) in [4.78, 5) is 16.9. The first-order valence-corrected chi connectivity index (χ1v) is 10.3. The molecular formula is C21H29N5O2. The average Bonchev–Trinajstić information content (AvgIpc) is 3.23. The predicted octanol–water partition coefficient (Wildman–Crippen LogP) is 2.20. The number of ether oxygens (including phenoxy) is 1.